The van der Waals surface area contributed by atoms with Gasteiger partial charge in [0.1, 0.15) is 5.82 Å². The van der Waals surface area contributed by atoms with Crippen LogP contribution in [0.3, 0.4) is 0 Å². The van der Waals surface area contributed by atoms with Crippen LogP contribution in [0.25, 0.3) is 0 Å². The van der Waals surface area contributed by atoms with Gasteiger partial charge in [-0.25, -0.2) is 4.98 Å². The van der Waals surface area contributed by atoms with Crippen molar-refractivity contribution < 1.29 is 0 Å². The molecule has 4 nitrogen and oxygen atoms in total. The number of aryl methyl sites for hydroxylation is 1. The predicted molar refractivity (Wildman–Crippen MR) is 64.3 cm³/mol. The molecule has 0 amide bonds. The second-order valence-electron chi connectivity index (χ2n) is 5.16. The zero-order valence-corrected chi connectivity index (χ0v) is 10.5. The van der Waals surface area contributed by atoms with Gasteiger partial charge in [0, 0.05) is 24.9 Å². The summed E-state index contributed by atoms with van der Waals surface area (Å²) in [5.41, 5.74) is 6.18. The zero-order chi connectivity index (χ0) is 11.7. The average Bonchev–Trinajstić information content (AvgIpc) is 2.61. The van der Waals surface area contributed by atoms with Crippen LogP contribution in [-0.2, 0) is 7.05 Å². The molecule has 2 unspecified atom stereocenters. The lowest BCUT2D eigenvalue weighted by Gasteiger charge is -2.27. The highest BCUT2D eigenvalue weighted by molar-refractivity contribution is 5.06. The molecule has 1 aliphatic rings. The summed E-state index contributed by atoms with van der Waals surface area (Å²) in [5.74, 6) is 2.81. The first-order valence-electron chi connectivity index (χ1n) is 6.26. The Morgan fingerprint density at radius 2 is 2.00 bits per heavy atom. The number of hydrogen-bond donors (Lipinski definition) is 1. The molecule has 4 heteroatoms. The van der Waals surface area contributed by atoms with Gasteiger partial charge in [0.2, 0.25) is 0 Å². The summed E-state index contributed by atoms with van der Waals surface area (Å²) >= 11 is 0. The van der Waals surface area contributed by atoms with Crippen molar-refractivity contribution in [2.75, 3.05) is 0 Å². The van der Waals surface area contributed by atoms with Crippen molar-refractivity contribution in [3.8, 4) is 0 Å². The van der Waals surface area contributed by atoms with Crippen molar-refractivity contribution in [1.29, 1.82) is 0 Å². The smallest absolute Gasteiger partial charge is 0.153 e. The van der Waals surface area contributed by atoms with Gasteiger partial charge in [-0.3, -0.25) is 4.68 Å². The fraction of sp³-hybridized carbons (Fsp3) is 0.833. The lowest BCUT2D eigenvalue weighted by atomic mass is 9.84. The van der Waals surface area contributed by atoms with Gasteiger partial charge in [0.05, 0.1) is 0 Å². The lowest BCUT2D eigenvalue weighted by Crippen LogP contribution is -2.33. The van der Waals surface area contributed by atoms with Crippen molar-refractivity contribution in [1.82, 2.24) is 14.8 Å². The Morgan fingerprint density at radius 3 is 2.56 bits per heavy atom. The van der Waals surface area contributed by atoms with Crippen molar-refractivity contribution in [2.24, 2.45) is 12.8 Å². The number of nitrogens with zero attached hydrogens (tertiary/aromatic N) is 3. The van der Waals surface area contributed by atoms with Gasteiger partial charge >= 0.3 is 0 Å². The van der Waals surface area contributed by atoms with E-state index >= 15 is 0 Å². The van der Waals surface area contributed by atoms with Gasteiger partial charge in [-0.1, -0.05) is 26.7 Å². The Bertz CT molecular complexity index is 356. The first kappa shape index (κ1) is 11.6. The third kappa shape index (κ3) is 2.12. The molecule has 0 aliphatic heterocycles. The quantitative estimate of drug-likeness (QED) is 0.831. The van der Waals surface area contributed by atoms with E-state index in [0.29, 0.717) is 11.8 Å². The van der Waals surface area contributed by atoms with Gasteiger partial charge in [0.15, 0.2) is 5.82 Å². The highest BCUT2D eigenvalue weighted by Gasteiger charge is 2.27. The molecule has 0 saturated heterocycles. The minimum absolute atomic E-state index is 0.261. The molecule has 0 aromatic carbocycles. The molecule has 0 bridgehead atoms. The monoisotopic (exact) mass is 222 g/mol. The van der Waals surface area contributed by atoms with E-state index in [1.807, 2.05) is 11.7 Å². The third-order valence-corrected chi connectivity index (χ3v) is 3.48. The van der Waals surface area contributed by atoms with Crippen LogP contribution in [0.4, 0.5) is 0 Å². The summed E-state index contributed by atoms with van der Waals surface area (Å²) in [4.78, 5) is 4.66. The second kappa shape index (κ2) is 4.53. The van der Waals surface area contributed by atoms with Gasteiger partial charge in [0.25, 0.3) is 0 Å². The maximum atomic E-state index is 6.18. The highest BCUT2D eigenvalue weighted by atomic mass is 15.3. The van der Waals surface area contributed by atoms with Gasteiger partial charge < -0.3 is 5.73 Å². The van der Waals surface area contributed by atoms with Crippen molar-refractivity contribution in [2.45, 2.75) is 57.4 Å². The van der Waals surface area contributed by atoms with Crippen molar-refractivity contribution >= 4 is 0 Å². The van der Waals surface area contributed by atoms with Crippen LogP contribution >= 0.6 is 0 Å². The molecule has 16 heavy (non-hydrogen) atoms. The van der Waals surface area contributed by atoms with E-state index in [2.05, 4.69) is 23.9 Å². The largest absolute Gasteiger partial charge is 0.327 e. The fourth-order valence-electron chi connectivity index (χ4n) is 2.46. The predicted octanol–water partition coefficient (Wildman–Crippen LogP) is 1.92. The van der Waals surface area contributed by atoms with Gasteiger partial charge in [-0.05, 0) is 12.8 Å². The topological polar surface area (TPSA) is 56.7 Å². The molecule has 2 rings (SSSR count). The van der Waals surface area contributed by atoms with E-state index in [-0.39, 0.29) is 6.04 Å². The van der Waals surface area contributed by atoms with Crippen molar-refractivity contribution in [3.05, 3.63) is 11.6 Å². The Labute approximate surface area is 97.2 Å². The summed E-state index contributed by atoms with van der Waals surface area (Å²) in [7, 11) is 1.98. The Kier molecular flexibility index (Phi) is 3.28. The molecule has 1 fully saturated rings. The van der Waals surface area contributed by atoms with E-state index in [9.17, 15) is 0 Å². The number of rotatable bonds is 2. The normalized spacial score (nSPS) is 26.3. The fourth-order valence-corrected chi connectivity index (χ4v) is 2.46. The third-order valence-electron chi connectivity index (χ3n) is 3.48. The lowest BCUT2D eigenvalue weighted by molar-refractivity contribution is 0.364. The molecule has 2 atom stereocenters. The SMILES string of the molecule is CC(C)c1nc(C2CCCCC2N)n(C)n1. The number of hydrogen-bond acceptors (Lipinski definition) is 3. The molecule has 2 N–H and O–H groups in total. The summed E-state index contributed by atoms with van der Waals surface area (Å²) in [5, 5.41) is 4.47. The molecule has 90 valence electrons. The minimum Gasteiger partial charge on any atom is -0.327 e. The van der Waals surface area contributed by atoms with Crippen LogP contribution in [0.1, 0.15) is 63.0 Å². The van der Waals surface area contributed by atoms with Crippen molar-refractivity contribution in [3.63, 3.8) is 0 Å². The van der Waals surface area contributed by atoms with Crippen LogP contribution in [0, 0.1) is 0 Å². The second-order valence-corrected chi connectivity index (χ2v) is 5.16. The maximum Gasteiger partial charge on any atom is 0.153 e. The molecule has 1 aromatic rings. The van der Waals surface area contributed by atoms with Crippen LogP contribution in [0.2, 0.25) is 0 Å². The molecular weight excluding hydrogens is 200 g/mol. The maximum absolute atomic E-state index is 6.18. The van der Waals surface area contributed by atoms with Gasteiger partial charge in [-0.15, -0.1) is 0 Å². The Morgan fingerprint density at radius 1 is 1.31 bits per heavy atom. The molecular formula is C12H22N4. The molecule has 1 heterocycles. The molecule has 0 radical (unpaired) electrons. The Balaban J connectivity index is 2.24. The molecule has 0 spiro atoms. The minimum atomic E-state index is 0.261. The van der Waals surface area contributed by atoms with E-state index in [1.54, 1.807) is 0 Å². The molecule has 1 saturated carbocycles. The first-order valence-corrected chi connectivity index (χ1v) is 6.26. The van der Waals surface area contributed by atoms with Crippen LogP contribution in [0.5, 0.6) is 0 Å². The van der Waals surface area contributed by atoms with E-state index in [0.717, 1.165) is 24.5 Å². The van der Waals surface area contributed by atoms with Crippen LogP contribution in [0.15, 0.2) is 0 Å². The van der Waals surface area contributed by atoms with E-state index in [1.165, 1.54) is 12.8 Å². The summed E-state index contributed by atoms with van der Waals surface area (Å²) < 4.78 is 1.92. The standard InChI is InChI=1S/C12H22N4/c1-8(2)11-14-12(16(3)15-11)9-6-4-5-7-10(9)13/h8-10H,4-7,13H2,1-3H3. The zero-order valence-electron chi connectivity index (χ0n) is 10.5. The van der Waals surface area contributed by atoms with E-state index in [4.69, 9.17) is 5.73 Å². The average molecular weight is 222 g/mol. The van der Waals surface area contributed by atoms with E-state index < -0.39 is 0 Å². The number of nitrogens with two attached hydrogens (primary N) is 1. The highest BCUT2D eigenvalue weighted by Crippen LogP contribution is 2.31. The first-order chi connectivity index (χ1) is 7.59. The van der Waals surface area contributed by atoms with Gasteiger partial charge in [-0.2, -0.15) is 5.10 Å². The summed E-state index contributed by atoms with van der Waals surface area (Å²) in [6.07, 6.45) is 4.80. The van der Waals surface area contributed by atoms with Crippen LogP contribution < -0.4 is 5.73 Å². The summed E-state index contributed by atoms with van der Waals surface area (Å²) in [6, 6.07) is 0.261. The molecule has 1 aromatic heterocycles. The summed E-state index contributed by atoms with van der Waals surface area (Å²) in [6.45, 7) is 4.25. The molecule has 1 aliphatic carbocycles. The van der Waals surface area contributed by atoms with Crippen LogP contribution in [-0.4, -0.2) is 20.8 Å². The Hall–Kier alpha value is -0.900. The number of aromatic nitrogens is 3.